The van der Waals surface area contributed by atoms with Gasteiger partial charge in [-0.3, -0.25) is 19.2 Å². The van der Waals surface area contributed by atoms with E-state index in [2.05, 4.69) is 21.3 Å². The van der Waals surface area contributed by atoms with Crippen LogP contribution >= 0.6 is 0 Å². The molecule has 3 amide bonds. The predicted octanol–water partition coefficient (Wildman–Crippen LogP) is 0.150. The minimum absolute atomic E-state index is 0.100. The summed E-state index contributed by atoms with van der Waals surface area (Å²) >= 11 is 0. The Morgan fingerprint density at radius 1 is 0.630 bits per heavy atom. The Morgan fingerprint density at radius 2 is 1.07 bits per heavy atom. The van der Waals surface area contributed by atoms with E-state index >= 15 is 0 Å². The van der Waals surface area contributed by atoms with Crippen molar-refractivity contribution in [1.29, 1.82) is 0 Å². The first-order valence-electron chi connectivity index (χ1n) is 9.62. The normalized spacial score (nSPS) is 10.3. The van der Waals surface area contributed by atoms with Gasteiger partial charge in [0, 0.05) is 13.0 Å². The van der Waals surface area contributed by atoms with Crippen LogP contribution in [0.15, 0.2) is 0 Å². The lowest BCUT2D eigenvalue weighted by atomic mass is 10.1. The van der Waals surface area contributed by atoms with Crippen molar-refractivity contribution in [2.75, 3.05) is 33.2 Å². The van der Waals surface area contributed by atoms with Gasteiger partial charge < -0.3 is 26.4 Å². The number of carboxylic acids is 1. The van der Waals surface area contributed by atoms with Crippen molar-refractivity contribution in [1.82, 2.24) is 21.3 Å². The summed E-state index contributed by atoms with van der Waals surface area (Å²) in [5, 5.41) is 18.8. The molecule has 5 N–H and O–H groups in total. The van der Waals surface area contributed by atoms with Crippen LogP contribution < -0.4 is 21.3 Å². The zero-order valence-corrected chi connectivity index (χ0v) is 16.3. The van der Waals surface area contributed by atoms with Gasteiger partial charge in [0.05, 0.1) is 19.6 Å². The fourth-order valence-corrected chi connectivity index (χ4v) is 2.40. The first-order chi connectivity index (χ1) is 13.0. The lowest BCUT2D eigenvalue weighted by Crippen LogP contribution is -2.43. The second-order valence-corrected chi connectivity index (χ2v) is 6.41. The Hall–Kier alpha value is -2.16. The number of carboxylic acid groups (broad SMARTS) is 1. The van der Waals surface area contributed by atoms with Crippen molar-refractivity contribution in [2.24, 2.45) is 0 Å². The Morgan fingerprint density at radius 3 is 1.59 bits per heavy atom. The third-order valence-electron chi connectivity index (χ3n) is 3.87. The molecule has 0 spiro atoms. The van der Waals surface area contributed by atoms with Gasteiger partial charge in [-0.25, -0.2) is 0 Å². The average molecular weight is 386 g/mol. The molecule has 0 aliphatic rings. The smallest absolute Gasteiger partial charge is 0.303 e. The highest BCUT2D eigenvalue weighted by Crippen LogP contribution is 2.09. The molecule has 0 aromatic carbocycles. The molecule has 9 heteroatoms. The highest BCUT2D eigenvalue weighted by Gasteiger charge is 2.06. The van der Waals surface area contributed by atoms with Crippen molar-refractivity contribution >= 4 is 23.7 Å². The molecule has 0 heterocycles. The molecule has 156 valence electrons. The Labute approximate surface area is 161 Å². The molecule has 9 nitrogen and oxygen atoms in total. The highest BCUT2D eigenvalue weighted by molar-refractivity contribution is 5.88. The molecule has 0 saturated carbocycles. The number of nitrogens with one attached hydrogen (secondary N) is 4. The van der Waals surface area contributed by atoms with E-state index in [-0.39, 0.29) is 37.9 Å². The third kappa shape index (κ3) is 18.4. The van der Waals surface area contributed by atoms with Gasteiger partial charge in [-0.05, 0) is 19.9 Å². The molecule has 0 aromatic rings. The van der Waals surface area contributed by atoms with Crippen molar-refractivity contribution in [3.63, 3.8) is 0 Å². The quantitative estimate of drug-likeness (QED) is 0.226. The monoisotopic (exact) mass is 386 g/mol. The number of amides is 3. The molecular formula is C18H34N4O5. The van der Waals surface area contributed by atoms with Crippen LogP contribution in [0.4, 0.5) is 0 Å². The van der Waals surface area contributed by atoms with Crippen LogP contribution in [0.2, 0.25) is 0 Å². The maximum atomic E-state index is 11.6. The summed E-state index contributed by atoms with van der Waals surface area (Å²) in [5.41, 5.74) is 0. The summed E-state index contributed by atoms with van der Waals surface area (Å²) in [4.78, 5) is 44.6. The van der Waals surface area contributed by atoms with Crippen LogP contribution in [0.1, 0.15) is 57.8 Å². The highest BCUT2D eigenvalue weighted by atomic mass is 16.4. The summed E-state index contributed by atoms with van der Waals surface area (Å²) in [6.45, 7) is 0.464. The van der Waals surface area contributed by atoms with E-state index in [1.54, 1.807) is 7.05 Å². The Kier molecular flexibility index (Phi) is 15.9. The second-order valence-electron chi connectivity index (χ2n) is 6.41. The molecule has 0 unspecified atom stereocenters. The van der Waals surface area contributed by atoms with Gasteiger partial charge in [0.25, 0.3) is 0 Å². The lowest BCUT2D eigenvalue weighted by molar-refractivity contribution is -0.137. The Bertz CT molecular complexity index is 457. The summed E-state index contributed by atoms with van der Waals surface area (Å²) in [6, 6.07) is 0. The molecule has 0 saturated heterocycles. The number of hydrogen-bond donors (Lipinski definition) is 5. The van der Waals surface area contributed by atoms with Crippen LogP contribution in [0.3, 0.4) is 0 Å². The fourth-order valence-electron chi connectivity index (χ4n) is 2.40. The van der Waals surface area contributed by atoms with Gasteiger partial charge in [0.2, 0.25) is 17.7 Å². The predicted molar refractivity (Wildman–Crippen MR) is 102 cm³/mol. The minimum Gasteiger partial charge on any atom is -0.481 e. The zero-order chi connectivity index (χ0) is 20.3. The van der Waals surface area contributed by atoms with Crippen LogP contribution in [0.5, 0.6) is 0 Å². The van der Waals surface area contributed by atoms with Gasteiger partial charge in [-0.15, -0.1) is 0 Å². The molecule has 0 aliphatic carbocycles. The first-order valence-corrected chi connectivity index (χ1v) is 9.62. The zero-order valence-electron chi connectivity index (χ0n) is 16.3. The number of hydrogen-bond acceptors (Lipinski definition) is 5. The van der Waals surface area contributed by atoms with Crippen LogP contribution in [0.25, 0.3) is 0 Å². The number of aliphatic carboxylic acids is 1. The van der Waals surface area contributed by atoms with Crippen LogP contribution in [0, 0.1) is 0 Å². The van der Waals surface area contributed by atoms with E-state index < -0.39 is 11.9 Å². The van der Waals surface area contributed by atoms with Gasteiger partial charge in [0.1, 0.15) is 0 Å². The largest absolute Gasteiger partial charge is 0.481 e. The topological polar surface area (TPSA) is 137 Å². The molecule has 27 heavy (non-hydrogen) atoms. The van der Waals surface area contributed by atoms with Crippen molar-refractivity contribution in [3.8, 4) is 0 Å². The second kappa shape index (κ2) is 17.3. The molecule has 0 aromatic heterocycles. The van der Waals surface area contributed by atoms with Gasteiger partial charge in [-0.2, -0.15) is 0 Å². The number of carbonyl (C=O) groups is 4. The fraction of sp³-hybridized carbons (Fsp3) is 0.778. The van der Waals surface area contributed by atoms with Gasteiger partial charge in [-0.1, -0.05) is 38.5 Å². The molecule has 0 fully saturated rings. The van der Waals surface area contributed by atoms with E-state index in [1.807, 2.05) is 0 Å². The van der Waals surface area contributed by atoms with Gasteiger partial charge >= 0.3 is 5.97 Å². The third-order valence-corrected chi connectivity index (χ3v) is 3.87. The molecule has 0 rings (SSSR count). The molecule has 0 atom stereocenters. The first kappa shape index (κ1) is 24.8. The maximum absolute atomic E-state index is 11.6. The lowest BCUT2D eigenvalue weighted by Gasteiger charge is -2.08. The van der Waals surface area contributed by atoms with Gasteiger partial charge in [0.15, 0.2) is 0 Å². The van der Waals surface area contributed by atoms with E-state index in [9.17, 15) is 19.2 Å². The van der Waals surface area contributed by atoms with E-state index in [0.29, 0.717) is 6.54 Å². The standard InChI is InChI=1S/C18H34N4O5/c1-19-12-15(23)21-14-17(25)22-13-16(24)20-11-9-7-5-3-2-4-6-8-10-18(26)27/h19H,2-14H2,1H3,(H,20,24)(H,21,23)(H,22,25)(H,26,27). The molecular weight excluding hydrogens is 352 g/mol. The van der Waals surface area contributed by atoms with Crippen molar-refractivity contribution in [2.45, 2.75) is 57.8 Å². The number of likely N-dealkylation sites (N-methyl/N-ethyl adjacent to an activating group) is 1. The Balaban J connectivity index is 3.40. The SMILES string of the molecule is CNCC(=O)NCC(=O)NCC(=O)NCCCCCCCCCCC(=O)O. The summed E-state index contributed by atoms with van der Waals surface area (Å²) in [7, 11) is 1.63. The number of unbranched alkanes of at least 4 members (excludes halogenated alkanes) is 7. The minimum atomic E-state index is -0.729. The average Bonchev–Trinajstić information content (AvgIpc) is 2.62. The maximum Gasteiger partial charge on any atom is 0.303 e. The van der Waals surface area contributed by atoms with Crippen molar-refractivity contribution < 1.29 is 24.3 Å². The molecule has 0 aliphatic heterocycles. The molecule has 0 radical (unpaired) electrons. The van der Waals surface area contributed by atoms with Crippen molar-refractivity contribution in [3.05, 3.63) is 0 Å². The van der Waals surface area contributed by atoms with E-state index in [4.69, 9.17) is 5.11 Å². The summed E-state index contributed by atoms with van der Waals surface area (Å²) in [6.07, 6.45) is 8.28. The van der Waals surface area contributed by atoms with Crippen LogP contribution in [-0.4, -0.2) is 62.0 Å². The summed E-state index contributed by atoms with van der Waals surface area (Å²) < 4.78 is 0. The molecule has 0 bridgehead atoms. The number of rotatable bonds is 17. The van der Waals surface area contributed by atoms with Crippen LogP contribution in [-0.2, 0) is 19.2 Å². The number of carbonyl (C=O) groups excluding carboxylic acids is 3. The summed E-state index contributed by atoms with van der Waals surface area (Å²) in [5.74, 6) is -1.66. The van der Waals surface area contributed by atoms with E-state index in [0.717, 1.165) is 51.4 Å². The van der Waals surface area contributed by atoms with E-state index in [1.165, 1.54) is 0 Å².